The van der Waals surface area contributed by atoms with Crippen molar-refractivity contribution in [1.29, 1.82) is 0 Å². The van der Waals surface area contributed by atoms with Crippen LogP contribution in [0.25, 0.3) is 11.1 Å². The molecule has 1 heterocycles. The van der Waals surface area contributed by atoms with E-state index in [1.54, 1.807) is 12.1 Å². The van der Waals surface area contributed by atoms with Gasteiger partial charge in [0.2, 0.25) is 0 Å². The lowest BCUT2D eigenvalue weighted by Crippen LogP contribution is -2.53. The van der Waals surface area contributed by atoms with Gasteiger partial charge in [0, 0.05) is 0 Å². The Morgan fingerprint density at radius 1 is 0.935 bits per heavy atom. The Kier molecular flexibility index (Phi) is 6.07. The molecule has 0 bridgehead atoms. The van der Waals surface area contributed by atoms with Gasteiger partial charge in [-0.15, -0.1) is 0 Å². The van der Waals surface area contributed by atoms with Crippen molar-refractivity contribution in [2.45, 2.75) is 37.8 Å². The first kappa shape index (κ1) is 20.7. The van der Waals surface area contributed by atoms with Gasteiger partial charge in [-0.1, -0.05) is 55.3 Å². The van der Waals surface area contributed by atoms with Crippen LogP contribution in [0.4, 0.5) is 0 Å². The van der Waals surface area contributed by atoms with Gasteiger partial charge in [0.05, 0.1) is 7.11 Å². The normalized spacial score (nSPS) is 14.7. The number of carbonyl (C=O) groups is 2. The van der Waals surface area contributed by atoms with Crippen LogP contribution in [-0.4, -0.2) is 24.5 Å². The number of carbonyl (C=O) groups excluding carboxylic acids is 2. The molecule has 1 fully saturated rings. The highest BCUT2D eigenvalue weighted by Gasteiger charge is 2.44. The molecule has 1 amide bonds. The molecule has 1 N–H and O–H groups in total. The molecule has 1 aliphatic rings. The molecule has 6 nitrogen and oxygen atoms in total. The number of ether oxygens (including phenoxy) is 2. The average Bonchev–Trinajstić information content (AvgIpc) is 3.49. The van der Waals surface area contributed by atoms with Crippen LogP contribution in [0.15, 0.2) is 71.1 Å². The number of benzene rings is 2. The van der Waals surface area contributed by atoms with Gasteiger partial charge in [-0.25, -0.2) is 4.79 Å². The molecule has 1 saturated carbocycles. The second-order valence-electron chi connectivity index (χ2n) is 7.68. The zero-order chi connectivity index (χ0) is 21.7. The lowest BCUT2D eigenvalue weighted by molar-refractivity contribution is -0.148. The summed E-state index contributed by atoms with van der Waals surface area (Å²) in [5.74, 6) is 0.542. The maximum Gasteiger partial charge on any atom is 0.331 e. The van der Waals surface area contributed by atoms with Crippen molar-refractivity contribution in [3.8, 4) is 16.9 Å². The van der Waals surface area contributed by atoms with Gasteiger partial charge >= 0.3 is 5.97 Å². The Morgan fingerprint density at radius 2 is 1.61 bits per heavy atom. The molecule has 4 rings (SSSR count). The van der Waals surface area contributed by atoms with Gasteiger partial charge < -0.3 is 19.2 Å². The van der Waals surface area contributed by atoms with E-state index in [2.05, 4.69) is 17.4 Å². The Labute approximate surface area is 181 Å². The van der Waals surface area contributed by atoms with Gasteiger partial charge in [-0.05, 0) is 48.2 Å². The maximum absolute atomic E-state index is 12.6. The quantitative estimate of drug-likeness (QED) is 0.560. The fourth-order valence-corrected chi connectivity index (χ4v) is 3.94. The fraction of sp³-hybridized carbons (Fsp3) is 0.280. The van der Waals surface area contributed by atoms with E-state index in [0.717, 1.165) is 24.0 Å². The van der Waals surface area contributed by atoms with E-state index in [1.165, 1.54) is 7.11 Å². The van der Waals surface area contributed by atoms with Crippen LogP contribution in [0.3, 0.4) is 0 Å². The number of furan rings is 1. The summed E-state index contributed by atoms with van der Waals surface area (Å²) in [6.07, 6.45) is 2.88. The van der Waals surface area contributed by atoms with Crippen LogP contribution in [0, 0.1) is 0 Å². The van der Waals surface area contributed by atoms with Gasteiger partial charge in [0.25, 0.3) is 5.91 Å². The smallest absolute Gasteiger partial charge is 0.331 e. The zero-order valence-corrected chi connectivity index (χ0v) is 17.4. The molecule has 0 atom stereocenters. The van der Waals surface area contributed by atoms with Crippen molar-refractivity contribution < 1.29 is 23.5 Å². The van der Waals surface area contributed by atoms with Crippen molar-refractivity contribution >= 4 is 11.9 Å². The number of esters is 1. The third-order valence-electron chi connectivity index (χ3n) is 5.61. The summed E-state index contributed by atoms with van der Waals surface area (Å²) in [6, 6.07) is 21.2. The molecule has 31 heavy (non-hydrogen) atoms. The first-order valence-corrected chi connectivity index (χ1v) is 10.4. The van der Waals surface area contributed by atoms with Gasteiger partial charge in [-0.3, -0.25) is 4.79 Å². The summed E-state index contributed by atoms with van der Waals surface area (Å²) >= 11 is 0. The summed E-state index contributed by atoms with van der Waals surface area (Å²) in [5, 5.41) is 2.82. The molecule has 1 aromatic heterocycles. The van der Waals surface area contributed by atoms with Crippen LogP contribution >= 0.6 is 0 Å². The van der Waals surface area contributed by atoms with Gasteiger partial charge in [0.1, 0.15) is 23.7 Å². The summed E-state index contributed by atoms with van der Waals surface area (Å²) in [4.78, 5) is 24.8. The molecule has 6 heteroatoms. The van der Waals surface area contributed by atoms with Crippen LogP contribution in [0.1, 0.15) is 42.0 Å². The van der Waals surface area contributed by atoms with E-state index < -0.39 is 17.4 Å². The van der Waals surface area contributed by atoms with Crippen LogP contribution < -0.4 is 10.1 Å². The molecule has 0 aliphatic heterocycles. The van der Waals surface area contributed by atoms with E-state index in [4.69, 9.17) is 13.9 Å². The Hall–Kier alpha value is -3.54. The summed E-state index contributed by atoms with van der Waals surface area (Å²) in [7, 11) is 1.34. The van der Waals surface area contributed by atoms with E-state index in [-0.39, 0.29) is 12.4 Å². The number of nitrogens with one attached hydrogen (secondary N) is 1. The first-order valence-electron chi connectivity index (χ1n) is 10.4. The third-order valence-corrected chi connectivity index (χ3v) is 5.61. The molecule has 0 radical (unpaired) electrons. The van der Waals surface area contributed by atoms with Gasteiger partial charge in [0.15, 0.2) is 5.76 Å². The second kappa shape index (κ2) is 9.08. The fourth-order valence-electron chi connectivity index (χ4n) is 3.94. The number of amides is 1. The molecule has 0 unspecified atom stereocenters. The summed E-state index contributed by atoms with van der Waals surface area (Å²) in [5.41, 5.74) is 1.29. The minimum atomic E-state index is -0.963. The first-order chi connectivity index (χ1) is 15.1. The highest BCUT2D eigenvalue weighted by atomic mass is 16.5. The Morgan fingerprint density at radius 3 is 2.29 bits per heavy atom. The summed E-state index contributed by atoms with van der Waals surface area (Å²) in [6.45, 7) is 0.195. The Bertz CT molecular complexity index is 1030. The van der Waals surface area contributed by atoms with Crippen molar-refractivity contribution in [3.05, 3.63) is 78.3 Å². The van der Waals surface area contributed by atoms with Crippen LogP contribution in [-0.2, 0) is 16.1 Å². The monoisotopic (exact) mass is 419 g/mol. The highest BCUT2D eigenvalue weighted by molar-refractivity contribution is 5.96. The van der Waals surface area contributed by atoms with Crippen molar-refractivity contribution in [3.63, 3.8) is 0 Å². The number of hydrogen-bond acceptors (Lipinski definition) is 5. The third kappa shape index (κ3) is 4.63. The Balaban J connectivity index is 1.36. The molecular weight excluding hydrogens is 394 g/mol. The lowest BCUT2D eigenvalue weighted by atomic mass is 9.97. The molecular formula is C25H25NO5. The predicted octanol–water partition coefficient (Wildman–Crippen LogP) is 4.74. The minimum absolute atomic E-state index is 0.146. The molecule has 0 spiro atoms. The van der Waals surface area contributed by atoms with E-state index in [1.807, 2.05) is 42.5 Å². The molecule has 0 saturated heterocycles. The maximum atomic E-state index is 12.6. The van der Waals surface area contributed by atoms with Crippen LogP contribution in [0.5, 0.6) is 5.75 Å². The molecule has 1 aliphatic carbocycles. The lowest BCUT2D eigenvalue weighted by Gasteiger charge is -2.26. The van der Waals surface area contributed by atoms with Gasteiger partial charge in [-0.2, -0.15) is 0 Å². The van der Waals surface area contributed by atoms with Crippen molar-refractivity contribution in [1.82, 2.24) is 5.32 Å². The summed E-state index contributed by atoms with van der Waals surface area (Å²) < 4.78 is 16.3. The largest absolute Gasteiger partial charge is 0.486 e. The molecule has 160 valence electrons. The van der Waals surface area contributed by atoms with Crippen molar-refractivity contribution in [2.24, 2.45) is 0 Å². The zero-order valence-electron chi connectivity index (χ0n) is 17.4. The number of methoxy groups -OCH3 is 1. The van der Waals surface area contributed by atoms with Crippen molar-refractivity contribution in [2.75, 3.05) is 7.11 Å². The highest BCUT2D eigenvalue weighted by Crippen LogP contribution is 2.31. The molecule has 2 aromatic carbocycles. The standard InChI is InChI=1S/C25H25NO5/c1-29-24(28)25(15-5-6-16-25)26-23(27)22-14-13-21(31-22)17-30-20-11-9-19(10-12-20)18-7-3-2-4-8-18/h2-4,7-14H,5-6,15-17H2,1H3,(H,26,27). The van der Waals surface area contributed by atoms with E-state index >= 15 is 0 Å². The van der Waals surface area contributed by atoms with E-state index in [0.29, 0.717) is 24.4 Å². The number of hydrogen-bond donors (Lipinski definition) is 1. The van der Waals surface area contributed by atoms with E-state index in [9.17, 15) is 9.59 Å². The molecule has 3 aromatic rings. The average molecular weight is 419 g/mol. The number of rotatable bonds is 7. The van der Waals surface area contributed by atoms with Crippen LogP contribution in [0.2, 0.25) is 0 Å². The predicted molar refractivity (Wildman–Crippen MR) is 116 cm³/mol. The minimum Gasteiger partial charge on any atom is -0.486 e. The topological polar surface area (TPSA) is 77.8 Å². The second-order valence-corrected chi connectivity index (χ2v) is 7.68. The SMILES string of the molecule is COC(=O)C1(NC(=O)c2ccc(COc3ccc(-c4ccccc4)cc3)o2)CCCC1.